The zero-order valence-corrected chi connectivity index (χ0v) is 27.2. The van der Waals surface area contributed by atoms with E-state index in [9.17, 15) is 27.0 Å². The van der Waals surface area contributed by atoms with E-state index >= 15 is 0 Å². The van der Waals surface area contributed by atoms with Crippen LogP contribution in [0.1, 0.15) is 67.3 Å². The van der Waals surface area contributed by atoms with E-state index in [4.69, 9.17) is 16.7 Å². The standard InChI is InChI=1S/C15H12F3NO2.C13H15NO2S.C3H5Cl.C2H6/c1-19-13-7-4-10(8-12(13)14(20)21)9-2-5-11(6-3-9)15(16,17)18;1-10-6-7-14(11(10)2)17(16)13-5-3-4-12(8-13)9-15;1-3(2)4;1-2/h2-8,19H,1H3,(H,20,21);3-5,8-9H,6-7H2,1-2H3;1H2,2H3;1-2H3. The van der Waals surface area contributed by atoms with Gasteiger partial charge in [-0.25, -0.2) is 9.00 Å². The van der Waals surface area contributed by atoms with Crippen LogP contribution < -0.4 is 5.32 Å². The number of aldehydes is 1. The minimum atomic E-state index is -4.39. The topological polar surface area (TPSA) is 86.7 Å². The van der Waals surface area contributed by atoms with Crippen LogP contribution in [0.25, 0.3) is 11.1 Å². The lowest BCUT2D eigenvalue weighted by Crippen LogP contribution is -2.21. The maximum absolute atomic E-state index is 12.5. The average Bonchev–Trinajstić information content (AvgIpc) is 3.34. The molecule has 0 saturated heterocycles. The van der Waals surface area contributed by atoms with Crippen LogP contribution in [0, 0.1) is 0 Å². The fraction of sp³-hybridized carbons (Fsp3) is 0.273. The summed E-state index contributed by atoms with van der Waals surface area (Å²) in [7, 11) is 0.392. The minimum absolute atomic E-state index is 0.0647. The van der Waals surface area contributed by atoms with Gasteiger partial charge in [-0.1, -0.05) is 67.9 Å². The van der Waals surface area contributed by atoms with Crippen LogP contribution in [0.5, 0.6) is 0 Å². The second kappa shape index (κ2) is 18.0. The Hall–Kier alpha value is -3.89. The van der Waals surface area contributed by atoms with E-state index in [1.165, 1.54) is 23.8 Å². The summed E-state index contributed by atoms with van der Waals surface area (Å²) in [6.07, 6.45) is -2.65. The van der Waals surface area contributed by atoms with Crippen molar-refractivity contribution >= 4 is 40.5 Å². The Morgan fingerprint density at radius 2 is 1.61 bits per heavy atom. The van der Waals surface area contributed by atoms with E-state index in [1.807, 2.05) is 25.1 Å². The van der Waals surface area contributed by atoms with Crippen molar-refractivity contribution in [3.63, 3.8) is 0 Å². The number of aromatic carboxylic acids is 1. The van der Waals surface area contributed by atoms with Gasteiger partial charge in [0.1, 0.15) is 6.29 Å². The SMILES string of the molecule is C=C(C)Cl.CC.CC1=C(C)N(S(=O)c2cccc(C=O)c2)CC1.CNc1ccc(-c2ccc(C(F)(F)F)cc2)cc1C(=O)O. The summed E-state index contributed by atoms with van der Waals surface area (Å²) in [6, 6.07) is 16.2. The lowest BCUT2D eigenvalue weighted by Gasteiger charge is -2.18. The molecule has 0 bridgehead atoms. The molecule has 0 amide bonds. The first kappa shape index (κ1) is 38.1. The minimum Gasteiger partial charge on any atom is -0.478 e. The third-order valence-corrected chi connectivity index (χ3v) is 7.66. The summed E-state index contributed by atoms with van der Waals surface area (Å²) < 4.78 is 51.8. The number of halogens is 4. The molecule has 0 radical (unpaired) electrons. The predicted octanol–water partition coefficient (Wildman–Crippen LogP) is 9.42. The molecule has 6 nitrogen and oxygen atoms in total. The monoisotopic (exact) mass is 650 g/mol. The van der Waals surface area contributed by atoms with Gasteiger partial charge in [0, 0.05) is 35.6 Å². The van der Waals surface area contributed by atoms with Crippen LogP contribution in [0.3, 0.4) is 0 Å². The summed E-state index contributed by atoms with van der Waals surface area (Å²) >= 11 is 5.08. The summed E-state index contributed by atoms with van der Waals surface area (Å²) in [6.45, 7) is 13.9. The van der Waals surface area contributed by atoms with Crippen molar-refractivity contribution in [3.8, 4) is 11.1 Å². The molecule has 0 spiro atoms. The molecule has 1 heterocycles. The molecular formula is C33H38ClF3N2O4S. The molecule has 0 saturated carbocycles. The second-order valence-corrected chi connectivity index (χ2v) is 11.3. The zero-order chi connectivity index (χ0) is 33.6. The molecule has 1 unspecified atom stereocenters. The molecule has 0 aliphatic carbocycles. The highest BCUT2D eigenvalue weighted by Crippen LogP contribution is 2.32. The number of rotatable bonds is 6. The number of carbonyl (C=O) groups excluding carboxylic acids is 1. The molecule has 2 N–H and O–H groups in total. The number of nitrogens with one attached hydrogen (secondary N) is 1. The fourth-order valence-corrected chi connectivity index (χ4v) is 5.18. The lowest BCUT2D eigenvalue weighted by molar-refractivity contribution is -0.137. The summed E-state index contributed by atoms with van der Waals surface area (Å²) in [4.78, 5) is 22.5. The van der Waals surface area contributed by atoms with Gasteiger partial charge in [-0.2, -0.15) is 13.2 Å². The van der Waals surface area contributed by atoms with Gasteiger partial charge in [-0.15, -0.1) is 0 Å². The zero-order valence-electron chi connectivity index (χ0n) is 25.6. The van der Waals surface area contributed by atoms with Gasteiger partial charge in [-0.3, -0.25) is 9.10 Å². The highest BCUT2D eigenvalue weighted by molar-refractivity contribution is 7.82. The van der Waals surface area contributed by atoms with Gasteiger partial charge in [0.15, 0.2) is 11.0 Å². The highest BCUT2D eigenvalue weighted by Gasteiger charge is 2.30. The number of nitrogens with zero attached hydrogens (tertiary/aromatic N) is 1. The van der Waals surface area contributed by atoms with Crippen molar-refractivity contribution in [3.05, 3.63) is 106 Å². The number of alkyl halides is 3. The maximum atomic E-state index is 12.5. The first-order chi connectivity index (χ1) is 20.7. The summed E-state index contributed by atoms with van der Waals surface area (Å²) in [5.41, 5.74) is 3.76. The Balaban J connectivity index is 0.000000379. The number of benzene rings is 3. The smallest absolute Gasteiger partial charge is 0.416 e. The maximum Gasteiger partial charge on any atom is 0.416 e. The van der Waals surface area contributed by atoms with Gasteiger partial charge in [0.25, 0.3) is 0 Å². The number of hydrogen-bond acceptors (Lipinski definition) is 4. The number of allylic oxidation sites excluding steroid dienone is 2. The Morgan fingerprint density at radius 1 is 1.05 bits per heavy atom. The third kappa shape index (κ3) is 11.3. The molecule has 3 aromatic carbocycles. The van der Waals surface area contributed by atoms with Crippen LogP contribution in [0.15, 0.2) is 94.5 Å². The molecule has 44 heavy (non-hydrogen) atoms. The average molecular weight is 651 g/mol. The summed E-state index contributed by atoms with van der Waals surface area (Å²) in [5, 5.41) is 12.5. The Kier molecular flexibility index (Phi) is 15.6. The lowest BCUT2D eigenvalue weighted by atomic mass is 10.0. The van der Waals surface area contributed by atoms with Crippen molar-refractivity contribution in [1.82, 2.24) is 4.31 Å². The second-order valence-electron chi connectivity index (χ2n) is 9.22. The van der Waals surface area contributed by atoms with E-state index < -0.39 is 28.7 Å². The largest absolute Gasteiger partial charge is 0.478 e. The first-order valence-corrected chi connectivity index (χ1v) is 15.1. The number of hydrogen-bond donors (Lipinski definition) is 2. The van der Waals surface area contributed by atoms with E-state index in [1.54, 1.807) is 50.4 Å². The molecule has 238 valence electrons. The van der Waals surface area contributed by atoms with Crippen LogP contribution in [-0.2, 0) is 17.2 Å². The molecule has 11 heteroatoms. The summed E-state index contributed by atoms with van der Waals surface area (Å²) in [5.74, 6) is -1.10. The van der Waals surface area contributed by atoms with Gasteiger partial charge < -0.3 is 10.4 Å². The molecule has 0 fully saturated rings. The van der Waals surface area contributed by atoms with E-state index in [0.717, 1.165) is 37.1 Å². The predicted molar refractivity (Wildman–Crippen MR) is 173 cm³/mol. The number of carboxylic acids is 1. The van der Waals surface area contributed by atoms with E-state index in [0.29, 0.717) is 32.3 Å². The van der Waals surface area contributed by atoms with Crippen molar-refractivity contribution in [1.29, 1.82) is 0 Å². The molecule has 0 aromatic heterocycles. The number of carbonyl (C=O) groups is 2. The van der Waals surface area contributed by atoms with E-state index in [2.05, 4.69) is 18.8 Å². The number of carboxylic acid groups (broad SMARTS) is 1. The third-order valence-electron chi connectivity index (χ3n) is 6.14. The molecule has 4 rings (SSSR count). The normalized spacial score (nSPS) is 12.8. The van der Waals surface area contributed by atoms with Crippen LogP contribution >= 0.6 is 11.6 Å². The molecule has 1 aliphatic rings. The fourth-order valence-electron chi connectivity index (χ4n) is 3.83. The molecule has 1 aliphatic heterocycles. The van der Waals surface area contributed by atoms with Gasteiger partial charge in [0.2, 0.25) is 0 Å². The highest BCUT2D eigenvalue weighted by atomic mass is 35.5. The van der Waals surface area contributed by atoms with Gasteiger partial charge in [-0.05, 0) is 74.7 Å². The van der Waals surface area contributed by atoms with Gasteiger partial charge in [0.05, 0.1) is 16.0 Å². The number of anilines is 1. The molecular weight excluding hydrogens is 613 g/mol. The quantitative estimate of drug-likeness (QED) is 0.260. The van der Waals surface area contributed by atoms with Crippen molar-refractivity contribution in [2.75, 3.05) is 18.9 Å². The van der Waals surface area contributed by atoms with Gasteiger partial charge >= 0.3 is 12.1 Å². The van der Waals surface area contributed by atoms with Crippen molar-refractivity contribution in [2.24, 2.45) is 0 Å². The van der Waals surface area contributed by atoms with E-state index in [-0.39, 0.29) is 5.56 Å². The van der Waals surface area contributed by atoms with Crippen molar-refractivity contribution < 1.29 is 32.1 Å². The van der Waals surface area contributed by atoms with Crippen LogP contribution in [0.2, 0.25) is 0 Å². The first-order valence-electron chi connectivity index (χ1n) is 13.6. The Bertz CT molecular complexity index is 1490. The Labute approximate surface area is 264 Å². The van der Waals surface area contributed by atoms with Crippen LogP contribution in [0.4, 0.5) is 18.9 Å². The molecule has 3 aromatic rings. The van der Waals surface area contributed by atoms with Crippen LogP contribution in [-0.4, -0.2) is 39.5 Å². The van der Waals surface area contributed by atoms with Crippen molar-refractivity contribution in [2.45, 2.75) is 52.1 Å². The molecule has 1 atom stereocenters. The Morgan fingerprint density at radius 3 is 2.07 bits per heavy atom.